The number of hydrogen-bond acceptors (Lipinski definition) is 4. The minimum absolute atomic E-state index is 0.292. The molecule has 0 aliphatic heterocycles. The number of rotatable bonds is 9. The Morgan fingerprint density at radius 2 is 1.92 bits per heavy atom. The second-order valence-corrected chi connectivity index (χ2v) is 7.62. The Bertz CT molecular complexity index is 612. The van der Waals surface area contributed by atoms with Gasteiger partial charge in [-0.3, -0.25) is 0 Å². The first-order chi connectivity index (χ1) is 11.4. The highest BCUT2D eigenvalue weighted by atomic mass is 32.2. The van der Waals surface area contributed by atoms with Crippen molar-refractivity contribution in [1.82, 2.24) is 10.2 Å². The molecule has 0 aliphatic rings. The largest absolute Gasteiger partial charge is 0.492 e. The summed E-state index contributed by atoms with van der Waals surface area (Å²) in [5.74, 6) is 1.52. The van der Waals surface area contributed by atoms with Crippen LogP contribution in [-0.2, 0) is 9.84 Å². The first-order valence-corrected chi connectivity index (χ1v) is 10.2. The lowest BCUT2D eigenvalue weighted by molar-refractivity contribution is 0.327. The van der Waals surface area contributed by atoms with Gasteiger partial charge in [0.25, 0.3) is 0 Å². The van der Waals surface area contributed by atoms with E-state index in [1.807, 2.05) is 14.0 Å². The van der Waals surface area contributed by atoms with Crippen LogP contribution in [0.5, 0.6) is 5.75 Å². The molecule has 1 aromatic carbocycles. The zero-order valence-corrected chi connectivity index (χ0v) is 15.9. The Labute approximate surface area is 145 Å². The summed E-state index contributed by atoms with van der Waals surface area (Å²) in [4.78, 5) is 6.96. The van der Waals surface area contributed by atoms with Crippen LogP contribution in [0.2, 0.25) is 0 Å². The first-order valence-electron chi connectivity index (χ1n) is 8.30. The van der Waals surface area contributed by atoms with Crippen LogP contribution in [0.3, 0.4) is 0 Å². The van der Waals surface area contributed by atoms with Crippen molar-refractivity contribution in [3.8, 4) is 5.75 Å². The molecule has 0 aromatic heterocycles. The number of nitrogens with one attached hydrogen (secondary N) is 1. The number of guanidine groups is 1. The first kappa shape index (κ1) is 20.3. The van der Waals surface area contributed by atoms with Gasteiger partial charge in [-0.05, 0) is 37.6 Å². The van der Waals surface area contributed by atoms with Crippen LogP contribution in [0.4, 0.5) is 0 Å². The van der Waals surface area contributed by atoms with E-state index in [0.717, 1.165) is 31.9 Å². The molecule has 1 aromatic rings. The Hall–Kier alpha value is -1.76. The molecule has 0 fully saturated rings. The lowest BCUT2D eigenvalue weighted by Gasteiger charge is -2.21. The molecule has 1 N–H and O–H groups in total. The minimum atomic E-state index is -3.17. The molecule has 0 saturated heterocycles. The number of hydrogen-bond donors (Lipinski definition) is 1. The Morgan fingerprint density at radius 1 is 1.25 bits per heavy atom. The molecule has 24 heavy (non-hydrogen) atoms. The molecule has 1 rings (SSSR count). The summed E-state index contributed by atoms with van der Waals surface area (Å²) in [6.07, 6.45) is 3.47. The molecule has 0 atom stereocenters. The Balaban J connectivity index is 2.52. The highest BCUT2D eigenvalue weighted by Gasteiger charge is 2.07. The van der Waals surface area contributed by atoms with Crippen molar-refractivity contribution in [2.75, 3.05) is 39.5 Å². The van der Waals surface area contributed by atoms with Crippen LogP contribution >= 0.6 is 0 Å². The maximum absolute atomic E-state index is 11.4. The summed E-state index contributed by atoms with van der Waals surface area (Å²) in [5.41, 5.74) is 0. The highest BCUT2D eigenvalue weighted by Crippen LogP contribution is 2.15. The van der Waals surface area contributed by atoms with Crippen molar-refractivity contribution < 1.29 is 13.2 Å². The van der Waals surface area contributed by atoms with Crippen LogP contribution in [0.15, 0.2) is 34.2 Å². The molecule has 0 heterocycles. The van der Waals surface area contributed by atoms with Gasteiger partial charge in [0.1, 0.15) is 12.4 Å². The second kappa shape index (κ2) is 10.2. The van der Waals surface area contributed by atoms with E-state index in [-0.39, 0.29) is 0 Å². The fourth-order valence-electron chi connectivity index (χ4n) is 2.07. The zero-order valence-electron chi connectivity index (χ0n) is 15.1. The highest BCUT2D eigenvalue weighted by molar-refractivity contribution is 7.90. The van der Waals surface area contributed by atoms with Gasteiger partial charge in [0.05, 0.1) is 11.4 Å². The molecule has 0 radical (unpaired) electrons. The molecule has 0 saturated carbocycles. The van der Waals surface area contributed by atoms with Crippen molar-refractivity contribution in [3.63, 3.8) is 0 Å². The van der Waals surface area contributed by atoms with Crippen LogP contribution in [0.1, 0.15) is 26.7 Å². The number of aliphatic imine (C=N–C) groups is 1. The number of benzene rings is 1. The van der Waals surface area contributed by atoms with Gasteiger partial charge in [-0.2, -0.15) is 0 Å². The molecular formula is C17H29N3O3S. The topological polar surface area (TPSA) is 71.0 Å². The third-order valence-corrected chi connectivity index (χ3v) is 4.55. The lowest BCUT2D eigenvalue weighted by Crippen LogP contribution is -2.39. The second-order valence-electron chi connectivity index (χ2n) is 5.60. The van der Waals surface area contributed by atoms with Crippen LogP contribution in [0.25, 0.3) is 0 Å². The summed E-state index contributed by atoms with van der Waals surface area (Å²) in [7, 11) is -1.14. The lowest BCUT2D eigenvalue weighted by atomic mass is 10.3. The molecule has 0 unspecified atom stereocenters. The van der Waals surface area contributed by atoms with Crippen LogP contribution < -0.4 is 10.1 Å². The van der Waals surface area contributed by atoms with E-state index in [1.165, 1.54) is 6.26 Å². The third-order valence-electron chi connectivity index (χ3n) is 3.42. The van der Waals surface area contributed by atoms with E-state index < -0.39 is 9.84 Å². The summed E-state index contributed by atoms with van der Waals surface area (Å²) < 4.78 is 28.4. The predicted molar refractivity (Wildman–Crippen MR) is 98.6 cm³/mol. The zero-order chi connectivity index (χ0) is 18.0. The van der Waals surface area contributed by atoms with Crippen molar-refractivity contribution in [1.29, 1.82) is 0 Å². The normalized spacial score (nSPS) is 12.1. The van der Waals surface area contributed by atoms with Gasteiger partial charge >= 0.3 is 0 Å². The summed E-state index contributed by atoms with van der Waals surface area (Å²) in [5, 5.41) is 3.27. The van der Waals surface area contributed by atoms with Crippen molar-refractivity contribution in [3.05, 3.63) is 24.3 Å². The Kier molecular flexibility index (Phi) is 8.60. The quantitative estimate of drug-likeness (QED) is 0.418. The van der Waals surface area contributed by atoms with E-state index in [2.05, 4.69) is 22.1 Å². The van der Waals surface area contributed by atoms with E-state index >= 15 is 0 Å². The van der Waals surface area contributed by atoms with Crippen molar-refractivity contribution >= 4 is 15.8 Å². The molecule has 0 spiro atoms. The number of nitrogens with zero attached hydrogens (tertiary/aromatic N) is 2. The van der Waals surface area contributed by atoms with Crippen molar-refractivity contribution in [2.45, 2.75) is 31.6 Å². The monoisotopic (exact) mass is 355 g/mol. The Morgan fingerprint density at radius 3 is 2.46 bits per heavy atom. The molecule has 0 amide bonds. The summed E-state index contributed by atoms with van der Waals surface area (Å²) >= 11 is 0. The smallest absolute Gasteiger partial charge is 0.193 e. The molecular weight excluding hydrogens is 326 g/mol. The maximum Gasteiger partial charge on any atom is 0.193 e. The van der Waals surface area contributed by atoms with Gasteiger partial charge in [-0.1, -0.05) is 13.3 Å². The van der Waals surface area contributed by atoms with Gasteiger partial charge in [-0.25, -0.2) is 13.4 Å². The van der Waals surface area contributed by atoms with Gasteiger partial charge in [0, 0.05) is 26.4 Å². The third kappa shape index (κ3) is 7.21. The van der Waals surface area contributed by atoms with Gasteiger partial charge in [0.15, 0.2) is 15.8 Å². The van der Waals surface area contributed by atoms with Crippen LogP contribution in [-0.4, -0.2) is 58.8 Å². The van der Waals surface area contributed by atoms with Gasteiger partial charge < -0.3 is 15.0 Å². The number of ether oxygens (including phenoxy) is 1. The van der Waals surface area contributed by atoms with Gasteiger partial charge in [-0.15, -0.1) is 0 Å². The molecule has 0 bridgehead atoms. The molecule has 0 aliphatic carbocycles. The number of unbranched alkanes of at least 4 members (excludes halogenated alkanes) is 1. The molecule has 136 valence electrons. The van der Waals surface area contributed by atoms with E-state index in [0.29, 0.717) is 23.8 Å². The van der Waals surface area contributed by atoms with E-state index in [4.69, 9.17) is 4.74 Å². The molecule has 7 heteroatoms. The average Bonchev–Trinajstić information content (AvgIpc) is 2.55. The standard InChI is InChI=1S/C17H29N3O3S/c1-5-7-13-20(3)17(18-6-2)19-12-14-23-15-8-10-16(11-9-15)24(4,21)22/h8-11H,5-7,12-14H2,1-4H3,(H,18,19). The van der Waals surface area contributed by atoms with Gasteiger partial charge in [0.2, 0.25) is 0 Å². The minimum Gasteiger partial charge on any atom is -0.492 e. The maximum atomic E-state index is 11.4. The predicted octanol–water partition coefficient (Wildman–Crippen LogP) is 2.17. The van der Waals surface area contributed by atoms with E-state index in [9.17, 15) is 8.42 Å². The molecule has 6 nitrogen and oxygen atoms in total. The fraction of sp³-hybridized carbons (Fsp3) is 0.588. The fourth-order valence-corrected chi connectivity index (χ4v) is 2.70. The number of sulfone groups is 1. The summed E-state index contributed by atoms with van der Waals surface area (Å²) in [6.45, 7) is 6.98. The van der Waals surface area contributed by atoms with E-state index in [1.54, 1.807) is 24.3 Å². The average molecular weight is 356 g/mol. The summed E-state index contributed by atoms with van der Waals surface area (Å²) in [6, 6.07) is 6.43. The SMILES string of the molecule is CCCCN(C)C(=NCCOc1ccc(S(C)(=O)=O)cc1)NCC. The van der Waals surface area contributed by atoms with Crippen LogP contribution in [0, 0.1) is 0 Å². The van der Waals surface area contributed by atoms with Crippen molar-refractivity contribution in [2.24, 2.45) is 4.99 Å².